The van der Waals surface area contributed by atoms with Crippen LogP contribution in [0, 0.1) is 0 Å². The average Bonchev–Trinajstić information content (AvgIpc) is 3.51. The third-order valence-electron chi connectivity index (χ3n) is 10.1. The zero-order valence-corrected chi connectivity index (χ0v) is 30.4. The molecule has 2 heteroatoms. The summed E-state index contributed by atoms with van der Waals surface area (Å²) in [4.78, 5) is 3.75. The van der Waals surface area contributed by atoms with E-state index in [1.165, 1.54) is 211 Å². The lowest BCUT2D eigenvalue weighted by molar-refractivity contribution is -0.727. The summed E-state index contributed by atoms with van der Waals surface area (Å²) in [5, 5.41) is 0. The van der Waals surface area contributed by atoms with Crippen LogP contribution in [0.2, 0.25) is 0 Å². The molecule has 0 saturated heterocycles. The molecule has 0 fully saturated rings. The van der Waals surface area contributed by atoms with Crippen molar-refractivity contribution in [2.24, 2.45) is 0 Å². The molecule has 1 N–H and O–H groups in total. The Morgan fingerprint density at radius 3 is 1.09 bits per heavy atom. The van der Waals surface area contributed by atoms with Gasteiger partial charge < -0.3 is 0 Å². The van der Waals surface area contributed by atoms with Crippen LogP contribution in [0.5, 0.6) is 0 Å². The first-order chi connectivity index (χ1) is 21.2. The molecule has 0 spiro atoms. The maximum absolute atomic E-state index is 3.75. The van der Waals surface area contributed by atoms with Crippen LogP contribution in [0.1, 0.15) is 251 Å². The molecule has 1 aromatic heterocycles. The maximum atomic E-state index is 3.75. The summed E-state index contributed by atoms with van der Waals surface area (Å²) in [6, 6.07) is 0.619. The van der Waals surface area contributed by atoms with E-state index in [4.69, 9.17) is 0 Å². The molecule has 254 valence electrons. The molecule has 1 rings (SSSR count). The summed E-state index contributed by atoms with van der Waals surface area (Å²) in [6.45, 7) is 9.42. The van der Waals surface area contributed by atoms with Crippen LogP contribution in [0.15, 0.2) is 12.4 Å². The first-order valence-electron chi connectivity index (χ1n) is 20.3. The van der Waals surface area contributed by atoms with Crippen LogP contribution < -0.4 is 4.57 Å². The third kappa shape index (κ3) is 23.2. The van der Waals surface area contributed by atoms with E-state index in [2.05, 4.69) is 49.6 Å². The van der Waals surface area contributed by atoms with Crippen LogP contribution in [0.3, 0.4) is 0 Å². The average molecular weight is 602 g/mol. The molecule has 1 heterocycles. The van der Waals surface area contributed by atoms with Crippen molar-refractivity contribution in [3.63, 3.8) is 0 Å². The third-order valence-corrected chi connectivity index (χ3v) is 10.1. The fourth-order valence-corrected chi connectivity index (χ4v) is 7.13. The van der Waals surface area contributed by atoms with Gasteiger partial charge in [0.2, 0.25) is 0 Å². The Bertz CT molecular complexity index is 664. The van der Waals surface area contributed by atoms with Gasteiger partial charge >= 0.3 is 0 Å². The van der Waals surface area contributed by atoms with E-state index in [1.54, 1.807) is 0 Å². The smallest absolute Gasteiger partial charge is 0.247 e. The van der Waals surface area contributed by atoms with Gasteiger partial charge in [0.15, 0.2) is 0 Å². The second kappa shape index (κ2) is 31.2. The molecule has 0 amide bonds. The lowest BCUT2D eigenvalue weighted by Gasteiger charge is -2.17. The van der Waals surface area contributed by atoms with E-state index in [0.717, 1.165) is 0 Å². The van der Waals surface area contributed by atoms with Gasteiger partial charge in [-0.15, -0.1) is 0 Å². The Morgan fingerprint density at radius 1 is 0.442 bits per heavy atom. The number of nitrogens with zero attached hydrogens (tertiary/aromatic N) is 1. The van der Waals surface area contributed by atoms with Crippen molar-refractivity contribution < 1.29 is 4.57 Å². The van der Waals surface area contributed by atoms with Crippen molar-refractivity contribution in [3.8, 4) is 0 Å². The van der Waals surface area contributed by atoms with Gasteiger partial charge in [0.25, 0.3) is 5.82 Å². The number of hydrogen-bond donors (Lipinski definition) is 1. The summed E-state index contributed by atoms with van der Waals surface area (Å²) in [5.74, 6) is 2.25. The fourth-order valence-electron chi connectivity index (χ4n) is 7.13. The van der Waals surface area contributed by atoms with Crippen molar-refractivity contribution in [3.05, 3.63) is 18.2 Å². The Morgan fingerprint density at radius 2 is 0.744 bits per heavy atom. The Hall–Kier alpha value is -0.790. The Balaban J connectivity index is 2.39. The standard InChI is InChI=1S/C41H80N2/c1-5-8-11-14-17-19-20-21-22-24-27-30-33-36-40(35-32-29-25-16-13-10-7-3)41-42-37-38-43(41)39(4)34-31-28-26-23-18-15-12-9-6-2/h37-40H,5-36H2,1-4H3/p+1. The first kappa shape index (κ1) is 40.2. The summed E-state index contributed by atoms with van der Waals surface area (Å²) in [6.07, 6.45) is 50.2. The van der Waals surface area contributed by atoms with Gasteiger partial charge in [-0.3, -0.25) is 0 Å². The lowest BCUT2D eigenvalue weighted by atomic mass is 9.92. The highest BCUT2D eigenvalue weighted by molar-refractivity contribution is 4.90. The fraction of sp³-hybridized carbons (Fsp3) is 0.927. The lowest BCUT2D eigenvalue weighted by Crippen LogP contribution is -2.41. The summed E-state index contributed by atoms with van der Waals surface area (Å²) >= 11 is 0. The van der Waals surface area contributed by atoms with Gasteiger partial charge in [-0.05, 0) is 32.6 Å². The van der Waals surface area contributed by atoms with Gasteiger partial charge in [-0.25, -0.2) is 9.55 Å². The van der Waals surface area contributed by atoms with E-state index >= 15 is 0 Å². The molecule has 0 aliphatic heterocycles. The van der Waals surface area contributed by atoms with Crippen LogP contribution in [-0.2, 0) is 0 Å². The molecule has 43 heavy (non-hydrogen) atoms. The van der Waals surface area contributed by atoms with Crippen molar-refractivity contribution in [2.45, 2.75) is 245 Å². The largest absolute Gasteiger partial charge is 0.257 e. The molecule has 0 radical (unpaired) electrons. The number of aromatic nitrogens is 2. The maximum Gasteiger partial charge on any atom is 0.257 e. The van der Waals surface area contributed by atoms with Crippen LogP contribution in [-0.4, -0.2) is 4.98 Å². The van der Waals surface area contributed by atoms with Crippen LogP contribution in [0.25, 0.3) is 0 Å². The molecule has 0 bridgehead atoms. The molecule has 2 atom stereocenters. The molecule has 0 saturated carbocycles. The van der Waals surface area contributed by atoms with E-state index in [-0.39, 0.29) is 0 Å². The molecule has 0 aliphatic rings. The zero-order chi connectivity index (χ0) is 31.1. The summed E-state index contributed by atoms with van der Waals surface area (Å²) < 4.78 is 2.64. The van der Waals surface area contributed by atoms with Crippen molar-refractivity contribution in [1.82, 2.24) is 4.98 Å². The number of H-pyrrole nitrogens is 1. The summed E-state index contributed by atoms with van der Waals surface area (Å²) in [5.41, 5.74) is 0. The van der Waals surface area contributed by atoms with Crippen LogP contribution in [0.4, 0.5) is 0 Å². The van der Waals surface area contributed by atoms with Crippen molar-refractivity contribution in [1.29, 1.82) is 0 Å². The van der Waals surface area contributed by atoms with E-state index in [9.17, 15) is 0 Å². The number of hydrogen-bond acceptors (Lipinski definition) is 0. The van der Waals surface area contributed by atoms with Crippen molar-refractivity contribution in [2.75, 3.05) is 0 Å². The molecule has 0 aromatic carbocycles. The second-order valence-corrected chi connectivity index (χ2v) is 14.4. The van der Waals surface area contributed by atoms with Gasteiger partial charge in [-0.1, -0.05) is 201 Å². The molecular weight excluding hydrogens is 520 g/mol. The minimum absolute atomic E-state index is 0.619. The van der Waals surface area contributed by atoms with Crippen molar-refractivity contribution >= 4 is 0 Å². The monoisotopic (exact) mass is 602 g/mol. The molecule has 0 aliphatic carbocycles. The summed E-state index contributed by atoms with van der Waals surface area (Å²) in [7, 11) is 0. The van der Waals surface area contributed by atoms with Gasteiger partial charge in [0.1, 0.15) is 12.4 Å². The SMILES string of the molecule is CCCCCCCCCCCCCCCC(CCCCCCCCC)c1[nH]cc[n+]1C(C)CCCCCCCCCCC. The number of nitrogens with one attached hydrogen (secondary N) is 1. The predicted molar refractivity (Wildman–Crippen MR) is 193 cm³/mol. The molecule has 2 unspecified atom stereocenters. The Kier molecular flexibility index (Phi) is 29.2. The highest BCUT2D eigenvalue weighted by Crippen LogP contribution is 2.27. The van der Waals surface area contributed by atoms with Gasteiger partial charge in [-0.2, -0.15) is 0 Å². The number of unbranched alkanes of at least 4 members (excludes halogenated alkanes) is 26. The Labute approximate surface area is 272 Å². The molecular formula is C41H81N2+. The minimum atomic E-state index is 0.619. The van der Waals surface area contributed by atoms with E-state index < -0.39 is 0 Å². The minimum Gasteiger partial charge on any atom is -0.247 e. The quantitative estimate of drug-likeness (QED) is 0.0599. The number of aromatic amines is 1. The predicted octanol–water partition coefficient (Wildman–Crippen LogP) is 14.5. The van der Waals surface area contributed by atoms with Gasteiger partial charge in [0, 0.05) is 0 Å². The molecule has 1 aromatic rings. The van der Waals surface area contributed by atoms with Gasteiger partial charge in [0.05, 0.1) is 12.0 Å². The normalized spacial score (nSPS) is 13.1. The number of imidazole rings is 1. The highest BCUT2D eigenvalue weighted by Gasteiger charge is 2.25. The van der Waals surface area contributed by atoms with E-state index in [1.807, 2.05) is 0 Å². The molecule has 2 nitrogen and oxygen atoms in total. The first-order valence-corrected chi connectivity index (χ1v) is 20.3. The van der Waals surface area contributed by atoms with Crippen LogP contribution >= 0.6 is 0 Å². The van der Waals surface area contributed by atoms with E-state index in [0.29, 0.717) is 12.0 Å². The highest BCUT2D eigenvalue weighted by atomic mass is 15.1. The number of rotatable bonds is 34. The zero-order valence-electron chi connectivity index (χ0n) is 30.4. The second-order valence-electron chi connectivity index (χ2n) is 14.4. The topological polar surface area (TPSA) is 19.7 Å².